The molecule has 1 saturated heterocycles. The molecule has 1 spiro atoms. The Labute approximate surface area is 206 Å². The number of carbonyl (C=O) groups excluding carboxylic acids is 4. The molecule has 2 aliphatic heterocycles. The Hall–Kier alpha value is -2.74. The van der Waals surface area contributed by atoms with Crippen LogP contribution in [0.15, 0.2) is 24.3 Å². The Morgan fingerprint density at radius 3 is 2.03 bits per heavy atom. The standard InChI is InChI=1S/C27H35NO7/c1-6-33-24(31)26(25(32)34-7-2)15-21(28-22(29)18-10-8-9-11-19(18)23(28)30)35-27(26)14-17(5)12-13-20(27)16(3)4/h8-11,16-17,20-21H,6-7,12-15H2,1-5H3/t17-,20+,21+,27+/m1/s1. The van der Waals surface area contributed by atoms with E-state index in [0.29, 0.717) is 6.42 Å². The second kappa shape index (κ2) is 9.37. The van der Waals surface area contributed by atoms with Gasteiger partial charge in [-0.3, -0.25) is 19.2 Å². The molecule has 0 unspecified atom stereocenters. The highest BCUT2D eigenvalue weighted by molar-refractivity contribution is 6.21. The topological polar surface area (TPSA) is 99.2 Å². The number of hydrogen-bond acceptors (Lipinski definition) is 7. The minimum Gasteiger partial charge on any atom is -0.465 e. The van der Waals surface area contributed by atoms with Crippen molar-refractivity contribution in [2.75, 3.05) is 13.2 Å². The predicted molar refractivity (Wildman–Crippen MR) is 126 cm³/mol. The van der Waals surface area contributed by atoms with Gasteiger partial charge in [0.2, 0.25) is 0 Å². The molecule has 1 aromatic rings. The van der Waals surface area contributed by atoms with Gasteiger partial charge in [0.1, 0.15) is 11.8 Å². The summed E-state index contributed by atoms with van der Waals surface area (Å²) in [6.07, 6.45) is 0.809. The van der Waals surface area contributed by atoms with Crippen molar-refractivity contribution in [3.8, 4) is 0 Å². The van der Waals surface area contributed by atoms with E-state index in [4.69, 9.17) is 14.2 Å². The average molecular weight is 486 g/mol. The van der Waals surface area contributed by atoms with Crippen molar-refractivity contribution < 1.29 is 33.4 Å². The predicted octanol–water partition coefficient (Wildman–Crippen LogP) is 3.97. The molecule has 8 nitrogen and oxygen atoms in total. The van der Waals surface area contributed by atoms with Crippen LogP contribution in [0.2, 0.25) is 0 Å². The van der Waals surface area contributed by atoms with Crippen molar-refractivity contribution in [2.45, 2.75) is 72.1 Å². The number of rotatable bonds is 6. The number of carbonyl (C=O) groups is 4. The molecule has 2 heterocycles. The number of imide groups is 1. The lowest BCUT2D eigenvalue weighted by molar-refractivity contribution is -0.210. The van der Waals surface area contributed by atoms with Crippen LogP contribution >= 0.6 is 0 Å². The monoisotopic (exact) mass is 485 g/mol. The van der Waals surface area contributed by atoms with E-state index in [9.17, 15) is 19.2 Å². The average Bonchev–Trinajstić information content (AvgIpc) is 3.26. The fourth-order valence-corrected chi connectivity index (χ4v) is 6.50. The molecule has 2 amide bonds. The third-order valence-electron chi connectivity index (χ3n) is 7.94. The molecular formula is C27H35NO7. The van der Waals surface area contributed by atoms with Gasteiger partial charge < -0.3 is 14.2 Å². The Balaban J connectivity index is 1.89. The highest BCUT2D eigenvalue weighted by atomic mass is 16.6. The summed E-state index contributed by atoms with van der Waals surface area (Å²) in [6.45, 7) is 9.68. The summed E-state index contributed by atoms with van der Waals surface area (Å²) in [5.41, 5.74) is -2.48. The zero-order chi connectivity index (χ0) is 25.5. The van der Waals surface area contributed by atoms with Gasteiger partial charge in [-0.05, 0) is 56.6 Å². The van der Waals surface area contributed by atoms with E-state index in [-0.39, 0.29) is 48.5 Å². The maximum Gasteiger partial charge on any atom is 0.326 e. The molecule has 4 rings (SSSR count). The van der Waals surface area contributed by atoms with Crippen molar-refractivity contribution in [1.82, 2.24) is 4.90 Å². The van der Waals surface area contributed by atoms with Gasteiger partial charge in [0.05, 0.1) is 24.3 Å². The van der Waals surface area contributed by atoms with Gasteiger partial charge in [-0.1, -0.05) is 39.3 Å². The third kappa shape index (κ3) is 3.68. The first kappa shape index (κ1) is 25.4. The van der Waals surface area contributed by atoms with Gasteiger partial charge in [-0.2, -0.15) is 0 Å². The molecule has 190 valence electrons. The number of nitrogens with zero attached hydrogens (tertiary/aromatic N) is 1. The Bertz CT molecular complexity index is 981. The summed E-state index contributed by atoms with van der Waals surface area (Å²) in [6, 6.07) is 6.60. The van der Waals surface area contributed by atoms with Crippen molar-refractivity contribution in [3.05, 3.63) is 35.4 Å². The molecule has 8 heteroatoms. The van der Waals surface area contributed by atoms with E-state index in [2.05, 4.69) is 6.92 Å². The minimum absolute atomic E-state index is 0.0756. The van der Waals surface area contributed by atoms with E-state index in [1.165, 1.54) is 0 Å². The molecule has 1 aliphatic carbocycles. The summed E-state index contributed by atoms with van der Waals surface area (Å²) in [4.78, 5) is 55.3. The second-order valence-electron chi connectivity index (χ2n) is 10.3. The van der Waals surface area contributed by atoms with E-state index < -0.39 is 41.0 Å². The Morgan fingerprint density at radius 2 is 1.54 bits per heavy atom. The summed E-state index contributed by atoms with van der Waals surface area (Å²) in [5, 5.41) is 0. The molecule has 0 aromatic heterocycles. The van der Waals surface area contributed by atoms with Gasteiger partial charge in [-0.15, -0.1) is 0 Å². The molecule has 35 heavy (non-hydrogen) atoms. The number of hydrogen-bond donors (Lipinski definition) is 0. The SMILES string of the molecule is CCOC(=O)C1(C(=O)OCC)C[C@@H](N2C(=O)c3ccccc3C2=O)O[C@]12C[C@H](C)CC[C@H]2C(C)C. The first-order valence-electron chi connectivity index (χ1n) is 12.6. The van der Waals surface area contributed by atoms with E-state index in [1.807, 2.05) is 13.8 Å². The molecule has 3 aliphatic rings. The second-order valence-corrected chi connectivity index (χ2v) is 10.3. The van der Waals surface area contributed by atoms with Crippen LogP contribution in [0.4, 0.5) is 0 Å². The van der Waals surface area contributed by atoms with Crippen LogP contribution in [-0.4, -0.2) is 53.7 Å². The smallest absolute Gasteiger partial charge is 0.326 e. The summed E-state index contributed by atoms with van der Waals surface area (Å²) < 4.78 is 17.7. The Morgan fingerprint density at radius 1 is 1.00 bits per heavy atom. The highest BCUT2D eigenvalue weighted by Gasteiger charge is 2.74. The van der Waals surface area contributed by atoms with Gasteiger partial charge in [-0.25, -0.2) is 4.90 Å². The van der Waals surface area contributed by atoms with Crippen LogP contribution < -0.4 is 0 Å². The number of ether oxygens (including phenoxy) is 3. The van der Waals surface area contributed by atoms with E-state index in [0.717, 1.165) is 17.7 Å². The molecular weight excluding hydrogens is 450 g/mol. The molecule has 2 fully saturated rings. The zero-order valence-electron chi connectivity index (χ0n) is 21.2. The molecule has 1 saturated carbocycles. The fourth-order valence-electron chi connectivity index (χ4n) is 6.50. The third-order valence-corrected chi connectivity index (χ3v) is 7.94. The van der Waals surface area contributed by atoms with Crippen LogP contribution in [-0.2, 0) is 23.8 Å². The minimum atomic E-state index is -1.79. The summed E-state index contributed by atoms with van der Waals surface area (Å²) in [7, 11) is 0. The number of amides is 2. The van der Waals surface area contributed by atoms with Gasteiger partial charge >= 0.3 is 11.9 Å². The van der Waals surface area contributed by atoms with Crippen molar-refractivity contribution >= 4 is 23.8 Å². The summed E-state index contributed by atoms with van der Waals surface area (Å²) in [5.74, 6) is -2.33. The first-order valence-corrected chi connectivity index (χ1v) is 12.6. The van der Waals surface area contributed by atoms with Gasteiger partial charge in [0, 0.05) is 6.42 Å². The highest BCUT2D eigenvalue weighted by Crippen LogP contribution is 2.61. The fraction of sp³-hybridized carbons (Fsp3) is 0.630. The van der Waals surface area contributed by atoms with Crippen LogP contribution in [0.3, 0.4) is 0 Å². The molecule has 4 atom stereocenters. The molecule has 0 radical (unpaired) electrons. The van der Waals surface area contributed by atoms with E-state index in [1.54, 1.807) is 38.1 Å². The number of fused-ring (bicyclic) bond motifs is 1. The maximum atomic E-state index is 13.8. The number of esters is 2. The quantitative estimate of drug-likeness (QED) is 0.341. The maximum absolute atomic E-state index is 13.8. The number of benzene rings is 1. The normalized spacial score (nSPS) is 29.5. The lowest BCUT2D eigenvalue weighted by atomic mass is 9.55. The molecule has 0 bridgehead atoms. The molecule has 0 N–H and O–H groups in total. The van der Waals surface area contributed by atoms with Crippen molar-refractivity contribution in [2.24, 2.45) is 23.2 Å². The van der Waals surface area contributed by atoms with Crippen LogP contribution in [0, 0.1) is 23.2 Å². The zero-order valence-corrected chi connectivity index (χ0v) is 21.2. The first-order chi connectivity index (χ1) is 16.6. The van der Waals surface area contributed by atoms with Crippen LogP contribution in [0.1, 0.15) is 81.0 Å². The van der Waals surface area contributed by atoms with Crippen LogP contribution in [0.5, 0.6) is 0 Å². The van der Waals surface area contributed by atoms with Crippen LogP contribution in [0.25, 0.3) is 0 Å². The largest absolute Gasteiger partial charge is 0.465 e. The molecule has 1 aromatic carbocycles. The Kier molecular flexibility index (Phi) is 6.79. The van der Waals surface area contributed by atoms with Crippen molar-refractivity contribution in [3.63, 3.8) is 0 Å². The van der Waals surface area contributed by atoms with Gasteiger partial charge in [0.25, 0.3) is 11.8 Å². The van der Waals surface area contributed by atoms with E-state index >= 15 is 0 Å². The lowest BCUT2D eigenvalue weighted by Crippen LogP contribution is -2.63. The van der Waals surface area contributed by atoms with Crippen molar-refractivity contribution in [1.29, 1.82) is 0 Å². The summed E-state index contributed by atoms with van der Waals surface area (Å²) >= 11 is 0. The van der Waals surface area contributed by atoms with Gasteiger partial charge in [0.15, 0.2) is 5.41 Å². The lowest BCUT2D eigenvalue weighted by Gasteiger charge is -2.51.